The van der Waals surface area contributed by atoms with Gasteiger partial charge in [0.2, 0.25) is 0 Å². The Bertz CT molecular complexity index is 758. The Balaban J connectivity index is 2.00. The van der Waals surface area contributed by atoms with Gasteiger partial charge in [0.05, 0.1) is 17.4 Å². The van der Waals surface area contributed by atoms with Crippen molar-refractivity contribution in [1.29, 1.82) is 0 Å². The summed E-state index contributed by atoms with van der Waals surface area (Å²) >= 11 is 0. The predicted molar refractivity (Wildman–Crippen MR) is 68.9 cm³/mol. The molecule has 18 heavy (non-hydrogen) atoms. The normalized spacial score (nSPS) is 10.7. The zero-order chi connectivity index (χ0) is 12.5. The summed E-state index contributed by atoms with van der Waals surface area (Å²) in [4.78, 5) is 23.0. The zero-order valence-corrected chi connectivity index (χ0v) is 9.71. The van der Waals surface area contributed by atoms with E-state index >= 15 is 0 Å². The van der Waals surface area contributed by atoms with Crippen molar-refractivity contribution >= 4 is 22.5 Å². The Morgan fingerprint density at radius 1 is 1.33 bits per heavy atom. The molecular weight excluding hydrogens is 230 g/mol. The van der Waals surface area contributed by atoms with Crippen LogP contribution in [0, 0.1) is 0 Å². The fourth-order valence-corrected chi connectivity index (χ4v) is 1.73. The van der Waals surface area contributed by atoms with Crippen LogP contribution in [0.3, 0.4) is 0 Å². The SMILES string of the molecule is Cn1ccnc(Nc2ccc3nc[nH]c3c2)c1=O. The monoisotopic (exact) mass is 241 g/mol. The molecule has 0 amide bonds. The molecule has 0 saturated carbocycles. The van der Waals surface area contributed by atoms with Crippen molar-refractivity contribution in [3.05, 3.63) is 47.3 Å². The maximum atomic E-state index is 11.8. The fraction of sp³-hybridized carbons (Fsp3) is 0.0833. The van der Waals surface area contributed by atoms with Crippen LogP contribution in [-0.2, 0) is 7.05 Å². The van der Waals surface area contributed by atoms with Gasteiger partial charge in [-0.2, -0.15) is 0 Å². The first-order valence-corrected chi connectivity index (χ1v) is 5.46. The Kier molecular flexibility index (Phi) is 2.33. The minimum Gasteiger partial charge on any atom is -0.345 e. The van der Waals surface area contributed by atoms with Crippen molar-refractivity contribution < 1.29 is 0 Å². The van der Waals surface area contributed by atoms with Crippen LogP contribution < -0.4 is 10.9 Å². The van der Waals surface area contributed by atoms with Gasteiger partial charge in [0.25, 0.3) is 5.56 Å². The molecule has 0 aliphatic carbocycles. The largest absolute Gasteiger partial charge is 0.345 e. The number of benzene rings is 1. The predicted octanol–water partition coefficient (Wildman–Crippen LogP) is 1.40. The summed E-state index contributed by atoms with van der Waals surface area (Å²) in [5.74, 6) is 0.305. The second-order valence-electron chi connectivity index (χ2n) is 3.95. The van der Waals surface area contributed by atoms with Crippen molar-refractivity contribution in [3.8, 4) is 0 Å². The molecular formula is C12H11N5O. The number of hydrogen-bond acceptors (Lipinski definition) is 4. The molecule has 0 saturated heterocycles. The Morgan fingerprint density at radius 2 is 2.22 bits per heavy atom. The van der Waals surface area contributed by atoms with E-state index in [0.29, 0.717) is 5.82 Å². The van der Waals surface area contributed by atoms with Crippen LogP contribution in [0.4, 0.5) is 11.5 Å². The number of H-pyrrole nitrogens is 1. The third-order valence-corrected chi connectivity index (χ3v) is 2.70. The first kappa shape index (κ1) is 10.5. The molecule has 90 valence electrons. The number of fused-ring (bicyclic) bond motifs is 1. The van der Waals surface area contributed by atoms with Gasteiger partial charge in [-0.25, -0.2) is 9.97 Å². The molecule has 0 bridgehead atoms. The first-order chi connectivity index (χ1) is 8.74. The Morgan fingerprint density at radius 3 is 3.11 bits per heavy atom. The highest BCUT2D eigenvalue weighted by Crippen LogP contribution is 2.17. The van der Waals surface area contributed by atoms with Crippen LogP contribution >= 0.6 is 0 Å². The number of hydrogen-bond donors (Lipinski definition) is 2. The summed E-state index contributed by atoms with van der Waals surface area (Å²) in [5.41, 5.74) is 2.42. The van der Waals surface area contributed by atoms with E-state index in [4.69, 9.17) is 0 Å². The van der Waals surface area contributed by atoms with Crippen LogP contribution in [0.15, 0.2) is 41.7 Å². The van der Waals surface area contributed by atoms with E-state index in [0.717, 1.165) is 16.7 Å². The summed E-state index contributed by atoms with van der Waals surface area (Å²) in [6.07, 6.45) is 4.83. The molecule has 6 nitrogen and oxygen atoms in total. The lowest BCUT2D eigenvalue weighted by molar-refractivity contribution is 0.845. The number of nitrogens with one attached hydrogen (secondary N) is 2. The number of aromatic amines is 1. The average molecular weight is 241 g/mol. The number of nitrogens with zero attached hydrogens (tertiary/aromatic N) is 3. The van der Waals surface area contributed by atoms with E-state index < -0.39 is 0 Å². The summed E-state index contributed by atoms with van der Waals surface area (Å²) in [5, 5.41) is 3.00. The molecule has 2 heterocycles. The van der Waals surface area contributed by atoms with Gasteiger partial charge in [0.15, 0.2) is 5.82 Å². The van der Waals surface area contributed by atoms with Gasteiger partial charge < -0.3 is 14.9 Å². The Labute approximate surface area is 102 Å². The number of imidazole rings is 1. The van der Waals surface area contributed by atoms with Crippen molar-refractivity contribution in [2.45, 2.75) is 0 Å². The molecule has 3 rings (SSSR count). The van der Waals surface area contributed by atoms with Crippen LogP contribution in [0.25, 0.3) is 11.0 Å². The van der Waals surface area contributed by atoms with E-state index in [-0.39, 0.29) is 5.56 Å². The molecule has 6 heteroatoms. The molecule has 1 aromatic carbocycles. The number of rotatable bonds is 2. The van der Waals surface area contributed by atoms with Gasteiger partial charge in [-0.05, 0) is 18.2 Å². The van der Waals surface area contributed by atoms with Crippen molar-refractivity contribution in [1.82, 2.24) is 19.5 Å². The molecule has 0 fully saturated rings. The smallest absolute Gasteiger partial charge is 0.293 e. The van der Waals surface area contributed by atoms with E-state index in [1.165, 1.54) is 4.57 Å². The van der Waals surface area contributed by atoms with E-state index in [1.54, 1.807) is 25.8 Å². The van der Waals surface area contributed by atoms with Gasteiger partial charge in [0.1, 0.15) is 0 Å². The molecule has 0 unspecified atom stereocenters. The zero-order valence-electron chi connectivity index (χ0n) is 9.71. The highest BCUT2D eigenvalue weighted by molar-refractivity contribution is 5.79. The quantitative estimate of drug-likeness (QED) is 0.711. The molecule has 0 aliphatic heterocycles. The van der Waals surface area contributed by atoms with Gasteiger partial charge in [0, 0.05) is 25.1 Å². The van der Waals surface area contributed by atoms with Gasteiger partial charge in [-0.3, -0.25) is 4.79 Å². The summed E-state index contributed by atoms with van der Waals surface area (Å²) < 4.78 is 1.48. The molecule has 0 radical (unpaired) electrons. The maximum Gasteiger partial charge on any atom is 0.293 e. The highest BCUT2D eigenvalue weighted by atomic mass is 16.1. The lowest BCUT2D eigenvalue weighted by atomic mass is 10.3. The topological polar surface area (TPSA) is 75.6 Å². The van der Waals surface area contributed by atoms with Crippen molar-refractivity contribution in [2.24, 2.45) is 7.05 Å². The number of anilines is 2. The maximum absolute atomic E-state index is 11.8. The molecule has 2 aromatic heterocycles. The summed E-state index contributed by atoms with van der Waals surface area (Å²) in [6, 6.07) is 5.62. The molecule has 2 N–H and O–H groups in total. The standard InChI is InChI=1S/C12H11N5O/c1-17-5-4-13-11(12(17)18)16-8-2-3-9-10(6-8)15-7-14-9/h2-7H,1H3,(H,13,16)(H,14,15). The minimum atomic E-state index is -0.165. The van der Waals surface area contributed by atoms with Crippen LogP contribution in [-0.4, -0.2) is 19.5 Å². The fourth-order valence-electron chi connectivity index (χ4n) is 1.73. The molecule has 3 aromatic rings. The van der Waals surface area contributed by atoms with Crippen molar-refractivity contribution in [3.63, 3.8) is 0 Å². The van der Waals surface area contributed by atoms with Gasteiger partial charge in [-0.15, -0.1) is 0 Å². The van der Waals surface area contributed by atoms with E-state index in [1.807, 2.05) is 18.2 Å². The van der Waals surface area contributed by atoms with E-state index in [2.05, 4.69) is 20.3 Å². The summed E-state index contributed by atoms with van der Waals surface area (Å²) in [7, 11) is 1.69. The second kappa shape index (κ2) is 3.99. The second-order valence-corrected chi connectivity index (χ2v) is 3.95. The Hall–Kier alpha value is -2.63. The van der Waals surface area contributed by atoms with Gasteiger partial charge >= 0.3 is 0 Å². The minimum absolute atomic E-state index is 0.165. The van der Waals surface area contributed by atoms with Crippen molar-refractivity contribution in [2.75, 3.05) is 5.32 Å². The number of aromatic nitrogens is 4. The van der Waals surface area contributed by atoms with Crippen LogP contribution in [0.5, 0.6) is 0 Å². The third kappa shape index (κ3) is 1.73. The highest BCUT2D eigenvalue weighted by Gasteiger charge is 2.04. The molecule has 0 aliphatic rings. The number of aryl methyl sites for hydroxylation is 1. The third-order valence-electron chi connectivity index (χ3n) is 2.70. The average Bonchev–Trinajstić information content (AvgIpc) is 2.82. The van der Waals surface area contributed by atoms with Crippen LogP contribution in [0.2, 0.25) is 0 Å². The van der Waals surface area contributed by atoms with Gasteiger partial charge in [-0.1, -0.05) is 0 Å². The molecule has 0 atom stereocenters. The summed E-state index contributed by atoms with van der Waals surface area (Å²) in [6.45, 7) is 0. The lowest BCUT2D eigenvalue weighted by Gasteiger charge is -2.05. The van der Waals surface area contributed by atoms with Crippen LogP contribution in [0.1, 0.15) is 0 Å². The first-order valence-electron chi connectivity index (χ1n) is 5.46. The van der Waals surface area contributed by atoms with E-state index in [9.17, 15) is 4.79 Å². The molecule has 0 spiro atoms. The lowest BCUT2D eigenvalue weighted by Crippen LogP contribution is -2.20.